The summed E-state index contributed by atoms with van der Waals surface area (Å²) in [6.07, 6.45) is 1.71. The normalized spacial score (nSPS) is 18.5. The second-order valence-electron chi connectivity index (χ2n) is 5.56. The van der Waals surface area contributed by atoms with E-state index < -0.39 is 22.0 Å². The van der Waals surface area contributed by atoms with Crippen molar-refractivity contribution in [1.29, 1.82) is 0 Å². The largest absolute Gasteiger partial charge is 0.490 e. The van der Waals surface area contributed by atoms with E-state index in [0.717, 1.165) is 4.47 Å². The lowest BCUT2D eigenvalue weighted by Crippen LogP contribution is -2.42. The van der Waals surface area contributed by atoms with E-state index in [-0.39, 0.29) is 19.0 Å². The molecule has 0 aliphatic carbocycles. The highest BCUT2D eigenvalue weighted by atomic mass is 79.9. The number of halogens is 1. The van der Waals surface area contributed by atoms with Gasteiger partial charge in [-0.2, -0.15) is 4.31 Å². The summed E-state index contributed by atoms with van der Waals surface area (Å²) in [7, 11) is -3.39. The van der Waals surface area contributed by atoms with Gasteiger partial charge in [-0.05, 0) is 37.5 Å². The van der Waals surface area contributed by atoms with Crippen molar-refractivity contribution in [2.75, 3.05) is 25.5 Å². The fourth-order valence-corrected chi connectivity index (χ4v) is 4.75. The topological polar surface area (TPSA) is 72.9 Å². The Kier molecular flexibility index (Phi) is 7.06. The molecule has 1 aromatic rings. The molecule has 8 heteroatoms. The lowest BCUT2D eigenvalue weighted by Gasteiger charge is -2.22. The molecule has 1 saturated heterocycles. The Balaban J connectivity index is 1.81. The van der Waals surface area contributed by atoms with Gasteiger partial charge in [0.2, 0.25) is 10.0 Å². The number of esters is 1. The molecule has 1 fully saturated rings. The van der Waals surface area contributed by atoms with Crippen molar-refractivity contribution in [2.45, 2.75) is 32.2 Å². The van der Waals surface area contributed by atoms with Crippen molar-refractivity contribution < 1.29 is 22.7 Å². The number of sulfonamides is 1. The number of nitrogens with zero attached hydrogens (tertiary/aromatic N) is 1. The van der Waals surface area contributed by atoms with Crippen molar-refractivity contribution in [3.05, 3.63) is 28.7 Å². The Hall–Kier alpha value is -1.12. The average Bonchev–Trinajstić information content (AvgIpc) is 3.02. The predicted molar refractivity (Wildman–Crippen MR) is 94.4 cm³/mol. The van der Waals surface area contributed by atoms with Gasteiger partial charge in [0.05, 0.1) is 5.75 Å². The summed E-state index contributed by atoms with van der Waals surface area (Å²) in [5.74, 6) is 0.237. The summed E-state index contributed by atoms with van der Waals surface area (Å²) in [4.78, 5) is 12.2. The zero-order valence-electron chi connectivity index (χ0n) is 13.6. The molecule has 1 heterocycles. The van der Waals surface area contributed by atoms with Crippen LogP contribution in [0.1, 0.15) is 26.2 Å². The van der Waals surface area contributed by atoms with Crippen LogP contribution in [-0.2, 0) is 19.6 Å². The van der Waals surface area contributed by atoms with Crippen LogP contribution in [0.4, 0.5) is 0 Å². The summed E-state index contributed by atoms with van der Waals surface area (Å²) in [5, 5.41) is 0. The van der Waals surface area contributed by atoms with E-state index in [2.05, 4.69) is 15.9 Å². The molecule has 1 atom stereocenters. The minimum atomic E-state index is -3.39. The van der Waals surface area contributed by atoms with Gasteiger partial charge in [-0.1, -0.05) is 28.9 Å². The van der Waals surface area contributed by atoms with Gasteiger partial charge >= 0.3 is 5.97 Å². The molecule has 0 saturated carbocycles. The number of carbonyl (C=O) groups excluding carboxylic acids is 1. The summed E-state index contributed by atoms with van der Waals surface area (Å²) in [6, 6.07) is 6.66. The summed E-state index contributed by atoms with van der Waals surface area (Å²) >= 11 is 3.35. The molecule has 0 radical (unpaired) electrons. The monoisotopic (exact) mass is 419 g/mol. The SMILES string of the molecule is CCCS(=O)(=O)N1CCCC1C(=O)OCCOc1cccc(Br)c1. The summed E-state index contributed by atoms with van der Waals surface area (Å²) < 4.78 is 37.2. The van der Waals surface area contributed by atoms with Gasteiger partial charge in [-0.3, -0.25) is 4.79 Å². The van der Waals surface area contributed by atoms with Crippen LogP contribution in [0.5, 0.6) is 5.75 Å². The number of hydrogen-bond donors (Lipinski definition) is 0. The highest BCUT2D eigenvalue weighted by molar-refractivity contribution is 9.10. The van der Waals surface area contributed by atoms with Gasteiger partial charge in [0, 0.05) is 11.0 Å². The van der Waals surface area contributed by atoms with Crippen LogP contribution in [-0.4, -0.2) is 50.2 Å². The van der Waals surface area contributed by atoms with Crippen LogP contribution in [0.3, 0.4) is 0 Å². The molecule has 1 aliphatic rings. The Bertz CT molecular complexity index is 664. The van der Waals surface area contributed by atoms with E-state index in [9.17, 15) is 13.2 Å². The molecule has 0 bridgehead atoms. The molecule has 0 aromatic heterocycles. The summed E-state index contributed by atoms with van der Waals surface area (Å²) in [6.45, 7) is 2.50. The fraction of sp³-hybridized carbons (Fsp3) is 0.562. The highest BCUT2D eigenvalue weighted by Crippen LogP contribution is 2.23. The average molecular weight is 420 g/mol. The zero-order valence-corrected chi connectivity index (χ0v) is 16.0. The predicted octanol–water partition coefficient (Wildman–Crippen LogP) is 2.58. The van der Waals surface area contributed by atoms with E-state index in [1.807, 2.05) is 24.3 Å². The first-order valence-corrected chi connectivity index (χ1v) is 10.4. The van der Waals surface area contributed by atoms with Crippen LogP contribution >= 0.6 is 15.9 Å². The fourth-order valence-electron chi connectivity index (χ4n) is 2.64. The van der Waals surface area contributed by atoms with Crippen LogP contribution in [0, 0.1) is 0 Å². The van der Waals surface area contributed by atoms with Crippen molar-refractivity contribution in [2.24, 2.45) is 0 Å². The first kappa shape index (κ1) is 19.2. The molecule has 134 valence electrons. The van der Waals surface area contributed by atoms with Crippen LogP contribution in [0.25, 0.3) is 0 Å². The van der Waals surface area contributed by atoms with Crippen LogP contribution in [0.2, 0.25) is 0 Å². The third-order valence-corrected chi connectivity index (χ3v) is 6.26. The molecule has 6 nitrogen and oxygen atoms in total. The molecule has 2 rings (SSSR count). The van der Waals surface area contributed by atoms with Gasteiger partial charge in [0.25, 0.3) is 0 Å². The van der Waals surface area contributed by atoms with E-state index >= 15 is 0 Å². The second-order valence-corrected chi connectivity index (χ2v) is 8.51. The Morgan fingerprint density at radius 2 is 2.17 bits per heavy atom. The first-order valence-electron chi connectivity index (χ1n) is 7.98. The lowest BCUT2D eigenvalue weighted by molar-refractivity contribution is -0.148. The molecule has 0 spiro atoms. The van der Waals surface area contributed by atoms with E-state index in [0.29, 0.717) is 31.6 Å². The maximum absolute atomic E-state index is 12.2. The quantitative estimate of drug-likeness (QED) is 0.478. The van der Waals surface area contributed by atoms with Crippen molar-refractivity contribution >= 4 is 31.9 Å². The van der Waals surface area contributed by atoms with E-state index in [1.165, 1.54) is 4.31 Å². The number of benzene rings is 1. The smallest absolute Gasteiger partial charge is 0.324 e. The lowest BCUT2D eigenvalue weighted by atomic mass is 10.2. The molecule has 1 unspecified atom stereocenters. The number of ether oxygens (including phenoxy) is 2. The molecule has 0 N–H and O–H groups in total. The van der Waals surface area contributed by atoms with Gasteiger partial charge in [0.1, 0.15) is 25.0 Å². The Morgan fingerprint density at radius 1 is 1.38 bits per heavy atom. The van der Waals surface area contributed by atoms with Crippen molar-refractivity contribution in [3.63, 3.8) is 0 Å². The number of rotatable bonds is 8. The van der Waals surface area contributed by atoms with Crippen LogP contribution in [0.15, 0.2) is 28.7 Å². The third-order valence-electron chi connectivity index (χ3n) is 3.69. The van der Waals surface area contributed by atoms with E-state index in [1.54, 1.807) is 6.92 Å². The molecule has 0 amide bonds. The number of carbonyl (C=O) groups is 1. The Labute approximate surface area is 151 Å². The maximum Gasteiger partial charge on any atom is 0.324 e. The minimum Gasteiger partial charge on any atom is -0.490 e. The molecule has 24 heavy (non-hydrogen) atoms. The van der Waals surface area contributed by atoms with E-state index in [4.69, 9.17) is 9.47 Å². The maximum atomic E-state index is 12.2. The number of hydrogen-bond acceptors (Lipinski definition) is 5. The molecular formula is C16H22BrNO5S. The molecule has 1 aliphatic heterocycles. The third kappa shape index (κ3) is 5.19. The summed E-state index contributed by atoms with van der Waals surface area (Å²) in [5.41, 5.74) is 0. The molecule has 1 aromatic carbocycles. The second kappa shape index (κ2) is 8.82. The molecular weight excluding hydrogens is 398 g/mol. The first-order chi connectivity index (χ1) is 11.4. The standard InChI is InChI=1S/C16H22BrNO5S/c1-2-11-24(20,21)18-8-4-7-15(18)16(19)23-10-9-22-14-6-3-5-13(17)12-14/h3,5-6,12,15H,2,4,7-11H2,1H3. The van der Waals surface area contributed by atoms with Gasteiger partial charge < -0.3 is 9.47 Å². The van der Waals surface area contributed by atoms with Gasteiger partial charge in [0.15, 0.2) is 0 Å². The van der Waals surface area contributed by atoms with Crippen molar-refractivity contribution in [1.82, 2.24) is 4.31 Å². The van der Waals surface area contributed by atoms with Crippen molar-refractivity contribution in [3.8, 4) is 5.75 Å². The zero-order chi connectivity index (χ0) is 17.6. The Morgan fingerprint density at radius 3 is 2.88 bits per heavy atom. The van der Waals surface area contributed by atoms with Gasteiger partial charge in [-0.25, -0.2) is 8.42 Å². The highest BCUT2D eigenvalue weighted by Gasteiger charge is 2.38. The van der Waals surface area contributed by atoms with Crippen LogP contribution < -0.4 is 4.74 Å². The van der Waals surface area contributed by atoms with Gasteiger partial charge in [-0.15, -0.1) is 0 Å². The minimum absolute atomic E-state index is 0.0583.